The summed E-state index contributed by atoms with van der Waals surface area (Å²) in [4.78, 5) is 28.7. The van der Waals surface area contributed by atoms with Crippen LogP contribution in [0.4, 0.5) is 0 Å². The number of fused-ring (bicyclic) bond motifs is 1. The number of benzene rings is 1. The Kier molecular flexibility index (Phi) is 3.01. The number of hydrogen-bond acceptors (Lipinski definition) is 4. The van der Waals surface area contributed by atoms with Gasteiger partial charge in [0.2, 0.25) is 0 Å². The fourth-order valence-corrected chi connectivity index (χ4v) is 4.50. The van der Waals surface area contributed by atoms with Crippen LogP contribution in [0.2, 0.25) is 0 Å². The SMILES string of the molecule is O=C(c1ccc2[nH]c(=O)[nH]c2c1)C1CCCCS1(=O)=O. The topological polar surface area (TPSA) is 99.9 Å². The van der Waals surface area contributed by atoms with E-state index in [1.165, 1.54) is 6.07 Å². The first kappa shape index (κ1) is 13.1. The minimum absolute atomic E-state index is 0.0760. The highest BCUT2D eigenvalue weighted by Crippen LogP contribution is 2.24. The fourth-order valence-electron chi connectivity index (χ4n) is 2.62. The third-order valence-corrected chi connectivity index (χ3v) is 5.85. The zero-order valence-electron chi connectivity index (χ0n) is 10.7. The maximum Gasteiger partial charge on any atom is 0.323 e. The number of imidazole rings is 1. The fraction of sp³-hybridized carbons (Fsp3) is 0.385. The lowest BCUT2D eigenvalue weighted by Crippen LogP contribution is -2.35. The van der Waals surface area contributed by atoms with Crippen molar-refractivity contribution in [1.29, 1.82) is 0 Å². The van der Waals surface area contributed by atoms with Crippen LogP contribution < -0.4 is 5.69 Å². The highest BCUT2D eigenvalue weighted by molar-refractivity contribution is 7.92. The number of carbonyl (C=O) groups excluding carboxylic acids is 1. The van der Waals surface area contributed by atoms with Gasteiger partial charge in [-0.15, -0.1) is 0 Å². The molecule has 1 aliphatic rings. The van der Waals surface area contributed by atoms with Gasteiger partial charge >= 0.3 is 5.69 Å². The van der Waals surface area contributed by atoms with Crippen LogP contribution >= 0.6 is 0 Å². The van der Waals surface area contributed by atoms with Gasteiger partial charge in [0.15, 0.2) is 15.6 Å². The first-order valence-corrected chi connectivity index (χ1v) is 8.17. The van der Waals surface area contributed by atoms with Crippen molar-refractivity contribution in [2.45, 2.75) is 24.5 Å². The molecule has 1 saturated heterocycles. The number of carbonyl (C=O) groups is 1. The lowest BCUT2D eigenvalue weighted by Gasteiger charge is -2.21. The number of ketones is 1. The molecule has 0 radical (unpaired) electrons. The Balaban J connectivity index is 2.01. The van der Waals surface area contributed by atoms with Gasteiger partial charge in [0.1, 0.15) is 5.25 Å². The summed E-state index contributed by atoms with van der Waals surface area (Å²) in [6, 6.07) is 4.69. The van der Waals surface area contributed by atoms with Crippen molar-refractivity contribution >= 4 is 26.7 Å². The van der Waals surface area contributed by atoms with Gasteiger partial charge < -0.3 is 9.97 Å². The normalized spacial score (nSPS) is 21.9. The molecule has 0 spiro atoms. The minimum Gasteiger partial charge on any atom is -0.306 e. The van der Waals surface area contributed by atoms with Crippen molar-refractivity contribution in [2.75, 3.05) is 5.75 Å². The molecule has 106 valence electrons. The second kappa shape index (κ2) is 4.59. The van der Waals surface area contributed by atoms with E-state index in [-0.39, 0.29) is 17.2 Å². The van der Waals surface area contributed by atoms with E-state index in [1.54, 1.807) is 12.1 Å². The Labute approximate surface area is 115 Å². The number of Topliss-reactive ketones (excluding diaryl/α,β-unsaturated/α-hetero) is 1. The van der Waals surface area contributed by atoms with E-state index in [0.717, 1.165) is 6.42 Å². The lowest BCUT2D eigenvalue weighted by molar-refractivity contribution is 0.0981. The van der Waals surface area contributed by atoms with Crippen LogP contribution in [-0.4, -0.2) is 35.2 Å². The number of aromatic nitrogens is 2. The van der Waals surface area contributed by atoms with Crippen LogP contribution in [0.25, 0.3) is 11.0 Å². The Hall–Kier alpha value is -1.89. The average molecular weight is 294 g/mol. The molecule has 2 aromatic rings. The Morgan fingerprint density at radius 3 is 2.65 bits per heavy atom. The van der Waals surface area contributed by atoms with Gasteiger partial charge in [0.05, 0.1) is 16.8 Å². The van der Waals surface area contributed by atoms with Gasteiger partial charge in [-0.2, -0.15) is 0 Å². The molecule has 20 heavy (non-hydrogen) atoms. The van der Waals surface area contributed by atoms with Crippen LogP contribution in [0, 0.1) is 0 Å². The van der Waals surface area contributed by atoms with Crippen molar-refractivity contribution in [1.82, 2.24) is 9.97 Å². The quantitative estimate of drug-likeness (QED) is 0.807. The molecule has 1 aromatic heterocycles. The number of aromatic amines is 2. The van der Waals surface area contributed by atoms with E-state index in [0.29, 0.717) is 29.4 Å². The standard InChI is InChI=1S/C13H14N2O4S/c16-12(11-3-1-2-6-20(11,18)19)8-4-5-9-10(7-8)15-13(17)14-9/h4-5,7,11H,1-3,6H2,(H2,14,15,17). The summed E-state index contributed by atoms with van der Waals surface area (Å²) in [5.41, 5.74) is 1.07. The first-order valence-electron chi connectivity index (χ1n) is 6.45. The molecule has 1 aromatic carbocycles. The molecular weight excluding hydrogens is 280 g/mol. The zero-order valence-corrected chi connectivity index (χ0v) is 11.5. The number of hydrogen-bond donors (Lipinski definition) is 2. The van der Waals surface area contributed by atoms with Crippen molar-refractivity contribution in [3.63, 3.8) is 0 Å². The maximum absolute atomic E-state index is 12.4. The molecular formula is C13H14N2O4S. The Morgan fingerprint density at radius 1 is 1.15 bits per heavy atom. The highest BCUT2D eigenvalue weighted by atomic mass is 32.2. The van der Waals surface area contributed by atoms with E-state index < -0.39 is 15.1 Å². The van der Waals surface area contributed by atoms with Crippen molar-refractivity contribution in [2.24, 2.45) is 0 Å². The second-order valence-electron chi connectivity index (χ2n) is 5.06. The van der Waals surface area contributed by atoms with Gasteiger partial charge in [-0.3, -0.25) is 4.79 Å². The molecule has 2 N–H and O–H groups in total. The summed E-state index contributed by atoms with van der Waals surface area (Å²) in [5, 5.41) is -0.945. The van der Waals surface area contributed by atoms with Gasteiger partial charge in [-0.25, -0.2) is 13.2 Å². The summed E-state index contributed by atoms with van der Waals surface area (Å²) in [6.45, 7) is 0. The van der Waals surface area contributed by atoms with Gasteiger partial charge in [0.25, 0.3) is 0 Å². The summed E-state index contributed by atoms with van der Waals surface area (Å²) >= 11 is 0. The van der Waals surface area contributed by atoms with Crippen LogP contribution in [0.5, 0.6) is 0 Å². The second-order valence-corrected chi connectivity index (χ2v) is 7.36. The summed E-state index contributed by atoms with van der Waals surface area (Å²) in [7, 11) is -3.35. The van der Waals surface area contributed by atoms with E-state index >= 15 is 0 Å². The minimum atomic E-state index is -3.35. The van der Waals surface area contributed by atoms with E-state index in [1.807, 2.05) is 0 Å². The molecule has 1 atom stereocenters. The van der Waals surface area contributed by atoms with Crippen molar-refractivity contribution in [3.05, 3.63) is 34.2 Å². The average Bonchev–Trinajstić information content (AvgIpc) is 2.76. The monoisotopic (exact) mass is 294 g/mol. The molecule has 3 rings (SSSR count). The van der Waals surface area contributed by atoms with E-state index in [2.05, 4.69) is 9.97 Å². The summed E-state index contributed by atoms with van der Waals surface area (Å²) < 4.78 is 24.0. The van der Waals surface area contributed by atoms with Gasteiger partial charge in [0, 0.05) is 5.56 Å². The Bertz CT molecular complexity index is 831. The smallest absolute Gasteiger partial charge is 0.306 e. The number of rotatable bonds is 2. The van der Waals surface area contributed by atoms with Gasteiger partial charge in [-0.1, -0.05) is 6.42 Å². The molecule has 0 bridgehead atoms. The highest BCUT2D eigenvalue weighted by Gasteiger charge is 2.35. The zero-order chi connectivity index (χ0) is 14.3. The first-order chi connectivity index (χ1) is 9.47. The summed E-state index contributed by atoms with van der Waals surface area (Å²) in [6.07, 6.45) is 1.75. The molecule has 0 amide bonds. The maximum atomic E-state index is 12.4. The van der Waals surface area contributed by atoms with Crippen LogP contribution in [-0.2, 0) is 9.84 Å². The van der Waals surface area contributed by atoms with Crippen molar-refractivity contribution in [3.8, 4) is 0 Å². The predicted molar refractivity (Wildman–Crippen MR) is 74.7 cm³/mol. The number of sulfone groups is 1. The summed E-state index contributed by atoms with van der Waals surface area (Å²) in [5.74, 6) is -0.305. The lowest BCUT2D eigenvalue weighted by atomic mass is 10.0. The molecule has 0 aliphatic carbocycles. The third kappa shape index (κ3) is 2.18. The molecule has 7 heteroatoms. The molecule has 0 saturated carbocycles. The largest absolute Gasteiger partial charge is 0.323 e. The van der Waals surface area contributed by atoms with E-state index in [4.69, 9.17) is 0 Å². The molecule has 1 fully saturated rings. The number of H-pyrrole nitrogens is 2. The molecule has 2 heterocycles. The van der Waals surface area contributed by atoms with Crippen molar-refractivity contribution < 1.29 is 13.2 Å². The molecule has 6 nitrogen and oxygen atoms in total. The van der Waals surface area contributed by atoms with Crippen LogP contribution in [0.1, 0.15) is 29.6 Å². The van der Waals surface area contributed by atoms with Gasteiger partial charge in [-0.05, 0) is 31.0 Å². The van der Waals surface area contributed by atoms with Crippen LogP contribution in [0.3, 0.4) is 0 Å². The van der Waals surface area contributed by atoms with E-state index in [9.17, 15) is 18.0 Å². The molecule has 1 aliphatic heterocycles. The predicted octanol–water partition coefficient (Wildman–Crippen LogP) is 1.01. The Morgan fingerprint density at radius 2 is 1.90 bits per heavy atom. The van der Waals surface area contributed by atoms with Crippen LogP contribution in [0.15, 0.2) is 23.0 Å². The third-order valence-electron chi connectivity index (χ3n) is 3.67. The molecule has 1 unspecified atom stereocenters. The number of nitrogens with one attached hydrogen (secondary N) is 2.